The molecule has 0 aromatic rings. The van der Waals surface area contributed by atoms with Gasteiger partial charge in [0, 0.05) is 13.1 Å². The molecule has 0 amide bonds. The number of ether oxygens (including phenoxy) is 2. The van der Waals surface area contributed by atoms with Crippen LogP contribution in [0.3, 0.4) is 0 Å². The summed E-state index contributed by atoms with van der Waals surface area (Å²) in [5, 5.41) is 5.60. The van der Waals surface area contributed by atoms with E-state index in [1.54, 1.807) is 0 Å². The quantitative estimate of drug-likeness (QED) is 0.492. The summed E-state index contributed by atoms with van der Waals surface area (Å²) >= 11 is 0. The second-order valence-corrected chi connectivity index (χ2v) is 6.53. The molecular weight excluding hydrogens is 328 g/mol. The smallest absolute Gasteiger partial charge is 0.318 e. The van der Waals surface area contributed by atoms with Gasteiger partial charge in [0.1, 0.15) is 0 Å². The Hall–Kier alpha value is -0.440. The van der Waals surface area contributed by atoms with Gasteiger partial charge >= 0.3 is 12.2 Å². The highest BCUT2D eigenvalue weighted by atomic mass is 19.3. The van der Waals surface area contributed by atoms with E-state index in [0.717, 1.165) is 25.7 Å². The Morgan fingerprint density at radius 2 is 1.04 bits per heavy atom. The van der Waals surface area contributed by atoms with Gasteiger partial charge in [0.05, 0.1) is 25.3 Å². The van der Waals surface area contributed by atoms with Gasteiger partial charge in [-0.25, -0.2) is 0 Å². The highest BCUT2D eigenvalue weighted by Crippen LogP contribution is 2.28. The number of alkyl halides is 4. The molecule has 0 aromatic heterocycles. The zero-order chi connectivity index (χ0) is 17.5. The average Bonchev–Trinajstić information content (AvgIpc) is 2.52. The summed E-state index contributed by atoms with van der Waals surface area (Å²) < 4.78 is 62.7. The first-order valence-corrected chi connectivity index (χ1v) is 8.92. The molecule has 0 aliphatic carbocycles. The molecule has 0 spiro atoms. The highest BCUT2D eigenvalue weighted by Gasteiger charge is 2.43. The zero-order valence-corrected chi connectivity index (χ0v) is 14.0. The Morgan fingerprint density at radius 3 is 1.42 bits per heavy atom. The molecule has 2 heterocycles. The van der Waals surface area contributed by atoms with Crippen LogP contribution in [0.2, 0.25) is 0 Å². The molecule has 2 rings (SSSR count). The number of nitrogens with one attached hydrogen (secondary N) is 2. The largest absolute Gasteiger partial charge is 0.371 e. The second kappa shape index (κ2) is 9.31. The van der Waals surface area contributed by atoms with Crippen molar-refractivity contribution in [2.45, 2.75) is 75.7 Å². The van der Waals surface area contributed by atoms with Crippen molar-refractivity contribution < 1.29 is 27.0 Å². The lowest BCUT2D eigenvalue weighted by atomic mass is 10.0. The fraction of sp³-hybridized carbons (Fsp3) is 1.00. The van der Waals surface area contributed by atoms with E-state index >= 15 is 0 Å². The van der Waals surface area contributed by atoms with Crippen LogP contribution < -0.4 is 10.6 Å². The van der Waals surface area contributed by atoms with E-state index in [9.17, 15) is 17.6 Å². The minimum Gasteiger partial charge on any atom is -0.318 e. The molecule has 8 heteroatoms. The molecule has 2 aliphatic heterocycles. The van der Waals surface area contributed by atoms with Crippen LogP contribution in [0.1, 0.15) is 51.4 Å². The van der Waals surface area contributed by atoms with Crippen molar-refractivity contribution >= 4 is 0 Å². The fourth-order valence-electron chi connectivity index (χ4n) is 3.22. The predicted molar refractivity (Wildman–Crippen MR) is 82.3 cm³/mol. The first-order chi connectivity index (χ1) is 11.4. The second-order valence-electron chi connectivity index (χ2n) is 6.53. The van der Waals surface area contributed by atoms with Crippen molar-refractivity contribution in [3.8, 4) is 0 Å². The van der Waals surface area contributed by atoms with E-state index in [2.05, 4.69) is 20.1 Å². The molecule has 2 N–H and O–H groups in total. The molecule has 0 aromatic carbocycles. The fourth-order valence-corrected chi connectivity index (χ4v) is 3.22. The Balaban J connectivity index is 1.47. The monoisotopic (exact) mass is 356 g/mol. The van der Waals surface area contributed by atoms with E-state index in [0.29, 0.717) is 38.8 Å². The Kier molecular flexibility index (Phi) is 7.71. The molecule has 2 aliphatic rings. The lowest BCUT2D eigenvalue weighted by Crippen LogP contribution is -2.52. The number of unbranched alkanes of at least 4 members (excludes halogenated alkanes) is 5. The summed E-state index contributed by atoms with van der Waals surface area (Å²) in [6.07, 6.45) is -0.319. The number of rotatable bonds is 9. The van der Waals surface area contributed by atoms with Gasteiger partial charge in [-0.15, -0.1) is 0 Å². The molecule has 4 nitrogen and oxygen atoms in total. The standard InChI is InChI=1S/C16H28F4N2O2/c17-15(18)13(21-9-11-23-15)7-5-3-1-2-4-6-8-14-16(19,20)24-12-10-22-14/h13-14,21-22H,1-12H2. The Morgan fingerprint density at radius 1 is 0.667 bits per heavy atom. The lowest BCUT2D eigenvalue weighted by Gasteiger charge is -2.32. The van der Waals surface area contributed by atoms with Crippen molar-refractivity contribution in [3.63, 3.8) is 0 Å². The average molecular weight is 356 g/mol. The highest BCUT2D eigenvalue weighted by molar-refractivity contribution is 4.80. The maximum absolute atomic E-state index is 13.4. The number of hydrogen-bond donors (Lipinski definition) is 2. The van der Waals surface area contributed by atoms with Crippen LogP contribution in [0.25, 0.3) is 0 Å². The van der Waals surface area contributed by atoms with Gasteiger partial charge < -0.3 is 20.1 Å². The van der Waals surface area contributed by atoms with Gasteiger partial charge in [0.15, 0.2) is 0 Å². The van der Waals surface area contributed by atoms with Crippen LogP contribution in [-0.2, 0) is 9.47 Å². The van der Waals surface area contributed by atoms with E-state index in [-0.39, 0.29) is 13.2 Å². The summed E-state index contributed by atoms with van der Waals surface area (Å²) in [7, 11) is 0. The summed E-state index contributed by atoms with van der Waals surface area (Å²) in [5.74, 6) is 0. The zero-order valence-electron chi connectivity index (χ0n) is 14.0. The topological polar surface area (TPSA) is 42.5 Å². The molecule has 0 bridgehead atoms. The van der Waals surface area contributed by atoms with Crippen LogP contribution in [-0.4, -0.2) is 50.6 Å². The molecular formula is C16H28F4N2O2. The molecule has 2 fully saturated rings. The maximum Gasteiger partial charge on any atom is 0.371 e. The summed E-state index contributed by atoms with van der Waals surface area (Å²) in [6, 6.07) is -1.79. The predicted octanol–water partition coefficient (Wildman–Crippen LogP) is 3.27. The van der Waals surface area contributed by atoms with Crippen molar-refractivity contribution in [2.75, 3.05) is 26.3 Å². The van der Waals surface area contributed by atoms with Crippen molar-refractivity contribution in [1.29, 1.82) is 0 Å². The Labute approximate surface area is 140 Å². The minimum atomic E-state index is -3.07. The van der Waals surface area contributed by atoms with E-state index < -0.39 is 24.3 Å². The van der Waals surface area contributed by atoms with Crippen LogP contribution in [0.4, 0.5) is 17.6 Å². The molecule has 2 atom stereocenters. The normalized spacial score (nSPS) is 29.5. The van der Waals surface area contributed by atoms with Crippen LogP contribution in [0.5, 0.6) is 0 Å². The van der Waals surface area contributed by atoms with Gasteiger partial charge in [-0.05, 0) is 12.8 Å². The molecule has 142 valence electrons. The van der Waals surface area contributed by atoms with Gasteiger partial charge in [-0.1, -0.05) is 38.5 Å². The molecule has 0 radical (unpaired) electrons. The van der Waals surface area contributed by atoms with Crippen molar-refractivity contribution in [2.24, 2.45) is 0 Å². The van der Waals surface area contributed by atoms with Crippen LogP contribution >= 0.6 is 0 Å². The maximum atomic E-state index is 13.4. The number of morpholine rings is 2. The minimum absolute atomic E-state index is 0.0451. The van der Waals surface area contributed by atoms with E-state index in [1.165, 1.54) is 0 Å². The first-order valence-electron chi connectivity index (χ1n) is 8.92. The van der Waals surface area contributed by atoms with E-state index in [1.807, 2.05) is 0 Å². The number of halogens is 4. The number of hydrogen-bond acceptors (Lipinski definition) is 4. The van der Waals surface area contributed by atoms with Crippen LogP contribution in [0, 0.1) is 0 Å². The van der Waals surface area contributed by atoms with Crippen LogP contribution in [0.15, 0.2) is 0 Å². The van der Waals surface area contributed by atoms with Crippen molar-refractivity contribution in [1.82, 2.24) is 10.6 Å². The van der Waals surface area contributed by atoms with Crippen molar-refractivity contribution in [3.05, 3.63) is 0 Å². The molecule has 2 unspecified atom stereocenters. The molecule has 2 saturated heterocycles. The molecule has 0 saturated carbocycles. The summed E-state index contributed by atoms with van der Waals surface area (Å²) in [4.78, 5) is 0. The van der Waals surface area contributed by atoms with Gasteiger partial charge in [-0.3, -0.25) is 0 Å². The first kappa shape index (κ1) is 19.9. The van der Waals surface area contributed by atoms with Gasteiger partial charge in [0.25, 0.3) is 0 Å². The lowest BCUT2D eigenvalue weighted by molar-refractivity contribution is -0.273. The third-order valence-electron chi connectivity index (χ3n) is 4.62. The Bertz CT molecular complexity index is 338. The third-order valence-corrected chi connectivity index (χ3v) is 4.62. The third kappa shape index (κ3) is 6.13. The summed E-state index contributed by atoms with van der Waals surface area (Å²) in [6.45, 7) is 1.01. The SMILES string of the molecule is FC1(F)OCCNC1CCCCCCCCC1NCCOC1(F)F. The van der Waals surface area contributed by atoms with E-state index in [4.69, 9.17) is 0 Å². The molecule has 24 heavy (non-hydrogen) atoms. The summed E-state index contributed by atoms with van der Waals surface area (Å²) in [5.41, 5.74) is 0. The van der Waals surface area contributed by atoms with Gasteiger partial charge in [0.2, 0.25) is 0 Å². The van der Waals surface area contributed by atoms with Gasteiger partial charge in [-0.2, -0.15) is 17.6 Å².